The van der Waals surface area contributed by atoms with Crippen molar-refractivity contribution < 1.29 is 4.79 Å². The van der Waals surface area contributed by atoms with E-state index in [1.165, 1.54) is 18.5 Å². The molecule has 0 radical (unpaired) electrons. The van der Waals surface area contributed by atoms with E-state index in [0.717, 1.165) is 26.1 Å². The molecule has 1 unspecified atom stereocenters. The van der Waals surface area contributed by atoms with E-state index in [0.29, 0.717) is 19.0 Å². The molecule has 1 aliphatic rings. The van der Waals surface area contributed by atoms with Crippen molar-refractivity contribution in [1.29, 1.82) is 0 Å². The summed E-state index contributed by atoms with van der Waals surface area (Å²) in [7, 11) is 1.97. The first-order valence-electron chi connectivity index (χ1n) is 7.38. The van der Waals surface area contributed by atoms with Crippen molar-refractivity contribution in [2.24, 2.45) is 12.8 Å². The first-order valence-corrected chi connectivity index (χ1v) is 7.38. The molecule has 1 amide bonds. The molecule has 2 rings (SSSR count). The zero-order chi connectivity index (χ0) is 14.4. The van der Waals surface area contributed by atoms with Gasteiger partial charge in [-0.05, 0) is 25.5 Å². The van der Waals surface area contributed by atoms with Crippen molar-refractivity contribution in [1.82, 2.24) is 20.0 Å². The third-order valence-corrected chi connectivity index (χ3v) is 3.94. The van der Waals surface area contributed by atoms with Gasteiger partial charge in [-0.15, -0.1) is 0 Å². The largest absolute Gasteiger partial charge is 0.354 e. The molecular formula is C14H25N5O. The Bertz CT molecular complexity index is 431. The molecule has 1 aromatic heterocycles. The van der Waals surface area contributed by atoms with E-state index in [-0.39, 0.29) is 5.91 Å². The zero-order valence-electron chi connectivity index (χ0n) is 12.2. The number of nitrogens with one attached hydrogen (secondary N) is 1. The first kappa shape index (κ1) is 15.0. The van der Waals surface area contributed by atoms with Crippen LogP contribution in [0.2, 0.25) is 0 Å². The topological polar surface area (TPSA) is 76.2 Å². The summed E-state index contributed by atoms with van der Waals surface area (Å²) < 4.78 is 1.92. The number of carbonyl (C=O) groups excluding carboxylic acids is 1. The van der Waals surface area contributed by atoms with E-state index in [1.54, 1.807) is 0 Å². The number of aryl methyl sites for hydroxylation is 1. The lowest BCUT2D eigenvalue weighted by atomic mass is 10.0. The molecule has 112 valence electrons. The van der Waals surface area contributed by atoms with E-state index >= 15 is 0 Å². The molecule has 0 bridgehead atoms. The number of hydrogen-bond donors (Lipinski definition) is 2. The highest BCUT2D eigenvalue weighted by atomic mass is 16.1. The van der Waals surface area contributed by atoms with Crippen LogP contribution in [0.3, 0.4) is 0 Å². The number of carbonyl (C=O) groups is 1. The quantitative estimate of drug-likeness (QED) is 0.782. The molecule has 1 saturated heterocycles. The van der Waals surface area contributed by atoms with Gasteiger partial charge in [0.2, 0.25) is 5.91 Å². The Morgan fingerprint density at radius 3 is 3.10 bits per heavy atom. The normalized spacial score (nSPS) is 20.0. The van der Waals surface area contributed by atoms with Crippen LogP contribution < -0.4 is 11.1 Å². The summed E-state index contributed by atoms with van der Waals surface area (Å²) in [6.07, 6.45) is 5.84. The van der Waals surface area contributed by atoms with Crippen LogP contribution in [0.1, 0.15) is 31.4 Å². The van der Waals surface area contributed by atoms with Crippen LogP contribution in [-0.2, 0) is 18.4 Å². The predicted octanol–water partition coefficient (Wildman–Crippen LogP) is 0.240. The fraction of sp³-hybridized carbons (Fsp3) is 0.714. The van der Waals surface area contributed by atoms with Crippen LogP contribution in [0.4, 0.5) is 0 Å². The molecular weight excluding hydrogens is 254 g/mol. The number of piperidine rings is 1. The fourth-order valence-corrected chi connectivity index (χ4v) is 2.71. The Morgan fingerprint density at radius 1 is 1.55 bits per heavy atom. The number of amides is 1. The lowest BCUT2D eigenvalue weighted by Gasteiger charge is -2.35. The second-order valence-corrected chi connectivity index (χ2v) is 5.41. The number of rotatable bonds is 6. The van der Waals surface area contributed by atoms with Crippen LogP contribution in [-0.4, -0.2) is 46.3 Å². The summed E-state index contributed by atoms with van der Waals surface area (Å²) in [6.45, 7) is 3.11. The maximum Gasteiger partial charge on any atom is 0.221 e. The van der Waals surface area contributed by atoms with Gasteiger partial charge in [-0.25, -0.2) is 0 Å². The first-order chi connectivity index (χ1) is 9.70. The third-order valence-electron chi connectivity index (χ3n) is 3.94. The van der Waals surface area contributed by atoms with Crippen LogP contribution in [0, 0.1) is 0 Å². The summed E-state index contributed by atoms with van der Waals surface area (Å²) >= 11 is 0. The number of nitrogens with two attached hydrogens (primary N) is 1. The molecule has 0 aromatic carbocycles. The highest BCUT2D eigenvalue weighted by Crippen LogP contribution is 2.19. The van der Waals surface area contributed by atoms with Crippen molar-refractivity contribution in [2.45, 2.75) is 38.3 Å². The predicted molar refractivity (Wildman–Crippen MR) is 77.9 cm³/mol. The molecule has 20 heavy (non-hydrogen) atoms. The molecule has 6 heteroatoms. The van der Waals surface area contributed by atoms with E-state index < -0.39 is 0 Å². The second kappa shape index (κ2) is 7.40. The van der Waals surface area contributed by atoms with Crippen molar-refractivity contribution in [3.05, 3.63) is 18.0 Å². The fourth-order valence-electron chi connectivity index (χ4n) is 2.71. The Balaban J connectivity index is 1.88. The molecule has 3 N–H and O–H groups in total. The SMILES string of the molecule is Cn1nccc1CN1CCCCC1CNC(=O)CCN. The van der Waals surface area contributed by atoms with Crippen LogP contribution in [0.5, 0.6) is 0 Å². The van der Waals surface area contributed by atoms with E-state index in [2.05, 4.69) is 21.4 Å². The summed E-state index contributed by atoms with van der Waals surface area (Å²) in [4.78, 5) is 14.0. The second-order valence-electron chi connectivity index (χ2n) is 5.41. The molecule has 1 atom stereocenters. The van der Waals surface area contributed by atoms with Gasteiger partial charge in [0.25, 0.3) is 0 Å². The average molecular weight is 279 g/mol. The van der Waals surface area contributed by atoms with Crippen LogP contribution in [0.15, 0.2) is 12.3 Å². The van der Waals surface area contributed by atoms with Crippen molar-refractivity contribution >= 4 is 5.91 Å². The van der Waals surface area contributed by atoms with Crippen LogP contribution >= 0.6 is 0 Å². The zero-order valence-corrected chi connectivity index (χ0v) is 12.2. The summed E-state index contributed by atoms with van der Waals surface area (Å²) in [5.74, 6) is 0.0542. The highest BCUT2D eigenvalue weighted by Gasteiger charge is 2.23. The number of likely N-dealkylation sites (tertiary alicyclic amines) is 1. The van der Waals surface area contributed by atoms with Crippen LogP contribution in [0.25, 0.3) is 0 Å². The molecule has 1 fully saturated rings. The summed E-state index contributed by atoms with van der Waals surface area (Å²) in [5, 5.41) is 7.21. The maximum absolute atomic E-state index is 11.5. The number of hydrogen-bond acceptors (Lipinski definition) is 4. The molecule has 1 aliphatic heterocycles. The third kappa shape index (κ3) is 4.05. The van der Waals surface area contributed by atoms with Crippen molar-refractivity contribution in [2.75, 3.05) is 19.6 Å². The van der Waals surface area contributed by atoms with E-state index in [1.807, 2.05) is 17.9 Å². The number of aromatic nitrogens is 2. The smallest absolute Gasteiger partial charge is 0.221 e. The molecule has 0 saturated carbocycles. The monoisotopic (exact) mass is 279 g/mol. The van der Waals surface area contributed by atoms with Crippen molar-refractivity contribution in [3.63, 3.8) is 0 Å². The van der Waals surface area contributed by atoms with Gasteiger partial charge >= 0.3 is 0 Å². The molecule has 0 aliphatic carbocycles. The summed E-state index contributed by atoms with van der Waals surface area (Å²) in [5.41, 5.74) is 6.60. The van der Waals surface area contributed by atoms with Gasteiger partial charge in [-0.1, -0.05) is 6.42 Å². The Kier molecular flexibility index (Phi) is 5.55. The van der Waals surface area contributed by atoms with Gasteiger partial charge in [-0.2, -0.15) is 5.10 Å². The minimum Gasteiger partial charge on any atom is -0.354 e. The van der Waals surface area contributed by atoms with Gasteiger partial charge < -0.3 is 11.1 Å². The average Bonchev–Trinajstić information content (AvgIpc) is 2.84. The molecule has 2 heterocycles. The number of nitrogens with zero attached hydrogens (tertiary/aromatic N) is 3. The van der Waals surface area contributed by atoms with Crippen molar-refractivity contribution in [3.8, 4) is 0 Å². The summed E-state index contributed by atoms with van der Waals surface area (Å²) in [6, 6.07) is 2.47. The van der Waals surface area contributed by atoms with Gasteiger partial charge in [-0.3, -0.25) is 14.4 Å². The minimum absolute atomic E-state index is 0.0542. The standard InChI is InChI=1S/C14H25N5O/c1-18-13(6-8-17-18)11-19-9-3-2-4-12(19)10-16-14(20)5-7-15/h6,8,12H,2-5,7,9-11,15H2,1H3,(H,16,20). The minimum atomic E-state index is 0.0542. The van der Waals surface area contributed by atoms with E-state index in [9.17, 15) is 4.79 Å². The Labute approximate surface area is 120 Å². The van der Waals surface area contributed by atoms with Gasteiger partial charge in [0.15, 0.2) is 0 Å². The Morgan fingerprint density at radius 2 is 2.40 bits per heavy atom. The molecule has 0 spiro atoms. The maximum atomic E-state index is 11.5. The molecule has 1 aromatic rings. The van der Waals surface area contributed by atoms with Gasteiger partial charge in [0, 0.05) is 45.3 Å². The molecule has 6 nitrogen and oxygen atoms in total. The highest BCUT2D eigenvalue weighted by molar-refractivity contribution is 5.76. The Hall–Kier alpha value is -1.40. The lowest BCUT2D eigenvalue weighted by molar-refractivity contribution is -0.121. The van der Waals surface area contributed by atoms with Gasteiger partial charge in [0.05, 0.1) is 5.69 Å². The van der Waals surface area contributed by atoms with E-state index in [4.69, 9.17) is 5.73 Å². The van der Waals surface area contributed by atoms with Gasteiger partial charge in [0.1, 0.15) is 0 Å². The lowest BCUT2D eigenvalue weighted by Crippen LogP contribution is -2.46.